The number of nitrogens with one attached hydrogen (secondary N) is 2. The number of amides is 2. The summed E-state index contributed by atoms with van der Waals surface area (Å²) in [4.78, 5) is 24.9. The average molecular weight is 309 g/mol. The van der Waals surface area contributed by atoms with Gasteiger partial charge in [0.2, 0.25) is 11.8 Å². The fourth-order valence-corrected chi connectivity index (χ4v) is 2.40. The fourth-order valence-electron chi connectivity index (χ4n) is 2.40. The molecule has 1 unspecified atom stereocenters. The molecule has 0 aromatic carbocycles. The molecule has 2 N–H and O–H groups in total. The van der Waals surface area contributed by atoms with Crippen molar-refractivity contribution < 1.29 is 22.8 Å². The van der Waals surface area contributed by atoms with Crippen molar-refractivity contribution in [2.24, 2.45) is 5.41 Å². The van der Waals surface area contributed by atoms with E-state index in [-0.39, 0.29) is 17.9 Å². The molecule has 1 aliphatic heterocycles. The monoisotopic (exact) mass is 309 g/mol. The van der Waals surface area contributed by atoms with Crippen LogP contribution in [0.4, 0.5) is 13.2 Å². The van der Waals surface area contributed by atoms with Crippen LogP contribution in [0.15, 0.2) is 0 Å². The maximum absolute atomic E-state index is 12.3. The van der Waals surface area contributed by atoms with Crippen molar-refractivity contribution in [1.82, 2.24) is 15.5 Å². The van der Waals surface area contributed by atoms with Gasteiger partial charge in [0, 0.05) is 7.05 Å². The second-order valence-electron chi connectivity index (χ2n) is 6.07. The topological polar surface area (TPSA) is 61.4 Å². The van der Waals surface area contributed by atoms with Crippen LogP contribution in [-0.2, 0) is 9.59 Å². The zero-order chi connectivity index (χ0) is 16.3. The zero-order valence-electron chi connectivity index (χ0n) is 12.5. The van der Waals surface area contributed by atoms with Gasteiger partial charge in [-0.05, 0) is 24.8 Å². The summed E-state index contributed by atoms with van der Waals surface area (Å²) in [5.41, 5.74) is -0.244. The third-order valence-corrected chi connectivity index (χ3v) is 3.62. The smallest absolute Gasteiger partial charge is 0.345 e. The van der Waals surface area contributed by atoms with Gasteiger partial charge in [0.25, 0.3) is 0 Å². The fraction of sp³-hybridized carbons (Fsp3) is 0.846. The first-order valence-corrected chi connectivity index (χ1v) is 6.85. The van der Waals surface area contributed by atoms with Gasteiger partial charge in [0.1, 0.15) is 6.54 Å². The van der Waals surface area contributed by atoms with E-state index in [4.69, 9.17) is 0 Å². The maximum Gasteiger partial charge on any atom is 0.405 e. The summed E-state index contributed by atoms with van der Waals surface area (Å²) in [7, 11) is 1.42. The standard InChI is InChI=1S/C13H22F3N3O2/c1-12(2)5-4-6-17-10(12)11(21)19(3)7-9(20)18-8-13(14,15)16/h10,17H,4-8H2,1-3H3,(H,18,20). The number of carbonyl (C=O) groups excluding carboxylic acids is 2. The van der Waals surface area contributed by atoms with Crippen LogP contribution in [0.3, 0.4) is 0 Å². The lowest BCUT2D eigenvalue weighted by molar-refractivity contribution is -0.143. The van der Waals surface area contributed by atoms with E-state index < -0.39 is 24.7 Å². The van der Waals surface area contributed by atoms with Crippen LogP contribution >= 0.6 is 0 Å². The lowest BCUT2D eigenvalue weighted by atomic mass is 9.77. The molecule has 1 saturated heterocycles. The first kappa shape index (κ1) is 17.7. The summed E-state index contributed by atoms with van der Waals surface area (Å²) < 4.78 is 36.0. The van der Waals surface area contributed by atoms with Gasteiger partial charge < -0.3 is 15.5 Å². The number of hydrogen-bond acceptors (Lipinski definition) is 3. The lowest BCUT2D eigenvalue weighted by Gasteiger charge is -2.39. The molecular formula is C13H22F3N3O2. The van der Waals surface area contributed by atoms with E-state index in [0.717, 1.165) is 17.7 Å². The molecule has 1 aliphatic rings. The van der Waals surface area contributed by atoms with Crippen LogP contribution in [0.5, 0.6) is 0 Å². The molecule has 0 aromatic rings. The van der Waals surface area contributed by atoms with E-state index in [9.17, 15) is 22.8 Å². The van der Waals surface area contributed by atoms with E-state index in [0.29, 0.717) is 6.54 Å². The molecule has 1 rings (SSSR count). The van der Waals surface area contributed by atoms with Gasteiger partial charge in [-0.25, -0.2) is 0 Å². The average Bonchev–Trinajstić information content (AvgIpc) is 2.34. The number of hydrogen-bond donors (Lipinski definition) is 2. The Morgan fingerprint density at radius 2 is 2.00 bits per heavy atom. The summed E-state index contributed by atoms with van der Waals surface area (Å²) in [5.74, 6) is -1.10. The van der Waals surface area contributed by atoms with E-state index >= 15 is 0 Å². The quantitative estimate of drug-likeness (QED) is 0.811. The van der Waals surface area contributed by atoms with Crippen LogP contribution in [0.1, 0.15) is 26.7 Å². The van der Waals surface area contributed by atoms with E-state index in [1.165, 1.54) is 7.05 Å². The Bertz CT molecular complexity index is 397. The number of rotatable bonds is 4. The molecular weight excluding hydrogens is 287 g/mol. The molecule has 0 aliphatic carbocycles. The third-order valence-electron chi connectivity index (χ3n) is 3.62. The number of likely N-dealkylation sites (N-methyl/N-ethyl adjacent to an activating group) is 1. The van der Waals surface area contributed by atoms with Gasteiger partial charge in [-0.2, -0.15) is 13.2 Å². The second kappa shape index (κ2) is 6.64. The molecule has 0 bridgehead atoms. The van der Waals surface area contributed by atoms with E-state index in [1.807, 2.05) is 13.8 Å². The number of carbonyl (C=O) groups is 2. The van der Waals surface area contributed by atoms with Gasteiger partial charge >= 0.3 is 6.18 Å². The predicted octanol–water partition coefficient (Wildman–Crippen LogP) is 0.901. The molecule has 0 radical (unpaired) electrons. The Hall–Kier alpha value is -1.31. The Labute approximate surface area is 122 Å². The Kier molecular flexibility index (Phi) is 5.61. The zero-order valence-corrected chi connectivity index (χ0v) is 12.5. The van der Waals surface area contributed by atoms with Crippen LogP contribution in [0, 0.1) is 5.41 Å². The summed E-state index contributed by atoms with van der Waals surface area (Å²) in [5, 5.41) is 4.87. The van der Waals surface area contributed by atoms with Crippen molar-refractivity contribution in [2.75, 3.05) is 26.7 Å². The van der Waals surface area contributed by atoms with Gasteiger partial charge in [0.15, 0.2) is 0 Å². The van der Waals surface area contributed by atoms with E-state index in [2.05, 4.69) is 5.32 Å². The summed E-state index contributed by atoms with van der Waals surface area (Å²) in [6, 6.07) is -0.424. The van der Waals surface area contributed by atoms with Crippen LogP contribution in [-0.4, -0.2) is 55.6 Å². The number of nitrogens with zero attached hydrogens (tertiary/aromatic N) is 1. The van der Waals surface area contributed by atoms with Crippen molar-refractivity contribution in [3.8, 4) is 0 Å². The highest BCUT2D eigenvalue weighted by Crippen LogP contribution is 2.30. The molecule has 0 saturated carbocycles. The van der Waals surface area contributed by atoms with Crippen LogP contribution < -0.4 is 10.6 Å². The molecule has 8 heteroatoms. The molecule has 1 atom stereocenters. The van der Waals surface area contributed by atoms with Gasteiger partial charge in [-0.1, -0.05) is 13.8 Å². The highest BCUT2D eigenvalue weighted by Gasteiger charge is 2.38. The SMILES string of the molecule is CN(CC(=O)NCC(F)(F)F)C(=O)C1NCCCC1(C)C. The summed E-state index contributed by atoms with van der Waals surface area (Å²) in [6.07, 6.45) is -2.61. The molecule has 2 amide bonds. The highest BCUT2D eigenvalue weighted by molar-refractivity contribution is 5.87. The minimum Gasteiger partial charge on any atom is -0.345 e. The van der Waals surface area contributed by atoms with Crippen LogP contribution in [0.25, 0.3) is 0 Å². The molecule has 0 aromatic heterocycles. The maximum atomic E-state index is 12.3. The van der Waals surface area contributed by atoms with Crippen molar-refractivity contribution in [3.63, 3.8) is 0 Å². The molecule has 1 heterocycles. The van der Waals surface area contributed by atoms with Gasteiger partial charge in [0.05, 0.1) is 12.6 Å². The molecule has 122 valence electrons. The predicted molar refractivity (Wildman–Crippen MR) is 71.5 cm³/mol. The highest BCUT2D eigenvalue weighted by atomic mass is 19.4. The Morgan fingerprint density at radius 3 is 2.52 bits per heavy atom. The van der Waals surface area contributed by atoms with Crippen LogP contribution in [0.2, 0.25) is 0 Å². The minimum absolute atomic E-state index is 0.244. The Morgan fingerprint density at radius 1 is 1.38 bits per heavy atom. The normalized spacial score (nSPS) is 21.7. The van der Waals surface area contributed by atoms with Crippen molar-refractivity contribution in [3.05, 3.63) is 0 Å². The van der Waals surface area contributed by atoms with Gasteiger partial charge in [-0.3, -0.25) is 9.59 Å². The Balaban J connectivity index is 2.52. The molecule has 0 spiro atoms. The number of halogens is 3. The summed E-state index contributed by atoms with van der Waals surface area (Å²) in [6.45, 7) is 2.86. The summed E-state index contributed by atoms with van der Waals surface area (Å²) >= 11 is 0. The number of piperidine rings is 1. The molecule has 1 fully saturated rings. The largest absolute Gasteiger partial charge is 0.405 e. The van der Waals surface area contributed by atoms with Crippen molar-refractivity contribution >= 4 is 11.8 Å². The number of alkyl halides is 3. The molecule has 5 nitrogen and oxygen atoms in total. The van der Waals surface area contributed by atoms with Crippen molar-refractivity contribution in [2.45, 2.75) is 38.9 Å². The lowest BCUT2D eigenvalue weighted by Crippen LogP contribution is -2.57. The van der Waals surface area contributed by atoms with Gasteiger partial charge in [-0.15, -0.1) is 0 Å². The third kappa shape index (κ3) is 5.53. The first-order chi connectivity index (χ1) is 9.53. The minimum atomic E-state index is -4.45. The van der Waals surface area contributed by atoms with E-state index in [1.54, 1.807) is 5.32 Å². The first-order valence-electron chi connectivity index (χ1n) is 6.85. The second-order valence-corrected chi connectivity index (χ2v) is 6.07. The molecule has 21 heavy (non-hydrogen) atoms. The van der Waals surface area contributed by atoms with Crippen molar-refractivity contribution in [1.29, 1.82) is 0 Å².